The maximum Gasteiger partial charge on any atom is 0.249 e. The van der Waals surface area contributed by atoms with Gasteiger partial charge >= 0.3 is 0 Å². The van der Waals surface area contributed by atoms with Crippen LogP contribution in [0.3, 0.4) is 0 Å². The van der Waals surface area contributed by atoms with Gasteiger partial charge in [-0.1, -0.05) is 385 Å². The van der Waals surface area contributed by atoms with Gasteiger partial charge in [-0.3, -0.25) is 0 Å². The van der Waals surface area contributed by atoms with Gasteiger partial charge in [0.1, 0.15) is 0 Å². The lowest BCUT2D eigenvalue weighted by molar-refractivity contribution is 1.15. The van der Waals surface area contributed by atoms with E-state index < -0.39 is 0 Å². The van der Waals surface area contributed by atoms with Crippen LogP contribution in [0.15, 0.2) is 459 Å². The molecule has 0 atom stereocenters. The molecule has 0 amide bonds. The molecule has 11 heterocycles. The summed E-state index contributed by atoms with van der Waals surface area (Å²) in [4.78, 5) is 26.1. The average molecular weight is 1680 g/mol. The minimum Gasteiger partial charge on any atom is -0.313 e. The van der Waals surface area contributed by atoms with E-state index in [2.05, 4.69) is 420 Å². The monoisotopic (exact) mass is 1680 g/mol. The number of para-hydroxylation sites is 4. The van der Waals surface area contributed by atoms with Crippen molar-refractivity contribution < 1.29 is 0 Å². The molecule has 0 radical (unpaired) electrons. The molecule has 11 aliphatic rings. The van der Waals surface area contributed by atoms with Crippen molar-refractivity contribution in [3.8, 4) is 0 Å². The molecule has 0 N–H and O–H groups in total. The fraction of sp³-hybridized carbons (Fsp3) is 0. The molecule has 0 aliphatic carbocycles. The van der Waals surface area contributed by atoms with Gasteiger partial charge in [-0.05, 0) is 184 Å². The summed E-state index contributed by atoms with van der Waals surface area (Å²) in [6.07, 6.45) is 0. The molecule has 11 aliphatic heterocycles. The van der Waals surface area contributed by atoms with Crippen LogP contribution in [0.25, 0.3) is 0 Å². The van der Waals surface area contributed by atoms with Crippen molar-refractivity contribution in [1.29, 1.82) is 0 Å². The highest BCUT2D eigenvalue weighted by Crippen LogP contribution is 2.56. The van der Waals surface area contributed by atoms with Crippen LogP contribution < -0.4 is 118 Å². The lowest BCUT2D eigenvalue weighted by Gasteiger charge is -2.51. The highest BCUT2D eigenvalue weighted by Gasteiger charge is 2.53. The smallest absolute Gasteiger partial charge is 0.249 e. The molecule has 4 nitrogen and oxygen atoms in total. The van der Waals surface area contributed by atoms with E-state index in [1.54, 1.807) is 0 Å². The number of rotatable bonds is 3. The van der Waals surface area contributed by atoms with E-state index in [0.29, 0.717) is 0 Å². The first kappa shape index (κ1) is 72.1. The first-order chi connectivity index (χ1) is 61.5. The third kappa shape index (κ3) is 11.1. The van der Waals surface area contributed by atoms with Gasteiger partial charge in [0.15, 0.2) is 0 Å². The number of fused-ring (bicyclic) bond motifs is 26. The maximum absolute atomic E-state index is 2.71. The Morgan fingerprint density at radius 2 is 0.452 bits per heavy atom. The molecule has 0 fully saturated rings. The summed E-state index contributed by atoms with van der Waals surface area (Å²) in [7, 11) is 0. The van der Waals surface area contributed by atoms with Crippen molar-refractivity contribution >= 4 is 277 Å². The van der Waals surface area contributed by atoms with Crippen LogP contribution in [0.2, 0.25) is 0 Å². The quantitative estimate of drug-likeness (QED) is 0.158. The first-order valence-corrected chi connectivity index (χ1v) is 47.6. The summed E-state index contributed by atoms with van der Waals surface area (Å²) in [5, 5.41) is 0. The Hall–Kier alpha value is -12.4. The molecule has 0 aromatic heterocycles. The fourth-order valence-electron chi connectivity index (χ4n) is 21.8. The van der Waals surface area contributed by atoms with Crippen molar-refractivity contribution in [3.05, 3.63) is 400 Å². The van der Waals surface area contributed by atoms with E-state index in [4.69, 9.17) is 0 Å². The van der Waals surface area contributed by atoms with Crippen LogP contribution in [0.1, 0.15) is 0 Å². The van der Waals surface area contributed by atoms with Gasteiger partial charge in [-0.25, -0.2) is 0 Å². The minimum absolute atomic E-state index is 0.109. The van der Waals surface area contributed by atoms with E-state index in [0.717, 1.165) is 0 Å². The zero-order valence-electron chi connectivity index (χ0n) is 66.8. The summed E-state index contributed by atoms with van der Waals surface area (Å²) in [5.74, 6) is 0. The third-order valence-corrected chi connectivity index (χ3v) is 33.9. The molecular formula is C108H66B6N4S6. The molecule has 16 heteroatoms. The Balaban J connectivity index is 0.0000000972. The second-order valence-electron chi connectivity index (χ2n) is 33.5. The Kier molecular flexibility index (Phi) is 16.6. The lowest BCUT2D eigenvalue weighted by atomic mass is 9.26. The summed E-state index contributed by atoms with van der Waals surface area (Å²) in [6, 6.07) is 150. The second-order valence-corrected chi connectivity index (χ2v) is 40.0. The molecule has 124 heavy (non-hydrogen) atoms. The highest BCUT2D eigenvalue weighted by molar-refractivity contribution is 8.01. The van der Waals surface area contributed by atoms with Gasteiger partial charge in [0.2, 0.25) is 40.3 Å². The Morgan fingerprint density at radius 3 is 0.935 bits per heavy atom. The molecule has 572 valence electrons. The molecule has 18 aromatic rings. The second kappa shape index (κ2) is 28.6. The van der Waals surface area contributed by atoms with Gasteiger partial charge in [-0.2, -0.15) is 0 Å². The predicted octanol–water partition coefficient (Wildman–Crippen LogP) is 16.4. The van der Waals surface area contributed by atoms with Crippen LogP contribution >= 0.6 is 70.6 Å². The van der Waals surface area contributed by atoms with Crippen LogP contribution in [0.4, 0.5) is 68.2 Å². The molecule has 29 rings (SSSR count). The van der Waals surface area contributed by atoms with Crippen molar-refractivity contribution in [2.45, 2.75) is 58.7 Å². The Labute approximate surface area is 749 Å². The zero-order chi connectivity index (χ0) is 80.9. The van der Waals surface area contributed by atoms with E-state index in [1.807, 2.05) is 70.6 Å². The SMILES string of the molecule is c1ccc(B2c3ccc4c(c3)N(c3cccc(c3)N3c5ccccc5Sc5ccc2cc53)c2ccccc2S4)cc1.c1ccc(B2c3ccc4c5c3N3c6c(cccc6B6c7ccccc7Sc7ccc2c3c76)B5c2ccccc2S4)cc1.c1ccc(N2c3ccc4c(c3)B(c3cccc(c3)B3c5ccccc5Sc5ccc2cc53)c2ccccc2S4)cc1. The van der Waals surface area contributed by atoms with Crippen molar-refractivity contribution in [3.63, 3.8) is 0 Å². The van der Waals surface area contributed by atoms with Gasteiger partial charge in [0, 0.05) is 104 Å². The summed E-state index contributed by atoms with van der Waals surface area (Å²) < 4.78 is 0. The molecule has 0 spiro atoms. The van der Waals surface area contributed by atoms with Crippen molar-refractivity contribution in [1.82, 2.24) is 0 Å². The molecule has 0 saturated heterocycles. The van der Waals surface area contributed by atoms with Crippen LogP contribution in [0, 0.1) is 0 Å². The fourth-order valence-corrected chi connectivity index (χ4v) is 28.4. The third-order valence-electron chi connectivity index (χ3n) is 26.9. The average Bonchev–Trinajstić information content (AvgIpc) is 0.663. The van der Waals surface area contributed by atoms with Gasteiger partial charge < -0.3 is 19.6 Å². The minimum atomic E-state index is 0.109. The van der Waals surface area contributed by atoms with E-state index >= 15 is 0 Å². The predicted molar refractivity (Wildman–Crippen MR) is 536 cm³/mol. The summed E-state index contributed by atoms with van der Waals surface area (Å²) in [5.41, 5.74) is 40.2. The topological polar surface area (TPSA) is 13.0 Å². The van der Waals surface area contributed by atoms with Gasteiger partial charge in [0.05, 0.1) is 22.7 Å². The van der Waals surface area contributed by atoms with Gasteiger partial charge in [0.25, 0.3) is 0 Å². The number of hydrogen-bond donors (Lipinski definition) is 0. The van der Waals surface area contributed by atoms with Crippen LogP contribution in [-0.2, 0) is 0 Å². The van der Waals surface area contributed by atoms with Gasteiger partial charge in [-0.15, -0.1) is 0 Å². The van der Waals surface area contributed by atoms with E-state index in [9.17, 15) is 0 Å². The number of anilines is 12. The Morgan fingerprint density at radius 1 is 0.145 bits per heavy atom. The Bertz CT molecular complexity index is 6930. The zero-order valence-corrected chi connectivity index (χ0v) is 71.7. The summed E-state index contributed by atoms with van der Waals surface area (Å²) in [6.45, 7) is 1.11. The van der Waals surface area contributed by atoms with E-state index in [-0.39, 0.29) is 40.3 Å². The van der Waals surface area contributed by atoms with Crippen LogP contribution in [0.5, 0.6) is 0 Å². The van der Waals surface area contributed by atoms with Crippen molar-refractivity contribution in [2.24, 2.45) is 0 Å². The number of benzene rings is 18. The number of nitrogens with zero attached hydrogens (tertiary/aromatic N) is 4. The molecule has 0 unspecified atom stereocenters. The van der Waals surface area contributed by atoms with Crippen molar-refractivity contribution in [2.75, 3.05) is 19.6 Å². The normalized spacial score (nSPS) is 14.4. The molecular weight excluding hydrogens is 1610 g/mol. The standard InChI is InChI=1S/C36H20B3NS2.C36H23B2NS2.C36H23BN2S2/c1-2-9-21(10-3-1)37-26-17-19-30-32-35(26)40-34-24(38(32)22-11-4-6-15-28(22)41-30)13-8-14-25(34)39-23-12-5-7-16-29(23)42-31-20-18-27(37)36(40)33(31)39;1-2-11-26(12-3-1)39-27-17-19-35-31(22-27)37(29-13-4-6-15-33(29)40-35)24-9-8-10-25(21-24)38-30-14-5-7-16-34(30)41-36-20-18-28(39)23-32(36)38;1-2-9-24(10-3-1)37-25-17-19-35-31(21-25)38(29-13-4-6-15-33(29)40-35)27-11-8-12-28(23-27)39-30-14-5-7-16-34(30)41-36-20-18-26(37)22-32(36)39/h1-20H;2*1-23H. The highest BCUT2D eigenvalue weighted by atomic mass is 32.2. The summed E-state index contributed by atoms with van der Waals surface area (Å²) >= 11 is 11.4. The number of hydrogen-bond acceptors (Lipinski definition) is 10. The maximum atomic E-state index is 2.71. The van der Waals surface area contributed by atoms with E-state index in [1.165, 1.54) is 225 Å². The molecule has 18 aromatic carbocycles. The first-order valence-electron chi connectivity index (χ1n) is 42.7. The molecule has 0 saturated carbocycles. The largest absolute Gasteiger partial charge is 0.313 e. The van der Waals surface area contributed by atoms with Crippen LogP contribution in [-0.4, -0.2) is 40.3 Å². The lowest BCUT2D eigenvalue weighted by Crippen LogP contribution is -2.72. The molecule has 12 bridgehead atoms.